The van der Waals surface area contributed by atoms with Crippen molar-refractivity contribution in [3.63, 3.8) is 0 Å². The van der Waals surface area contributed by atoms with Crippen molar-refractivity contribution in [3.8, 4) is 89.0 Å². The number of rotatable bonds is 4. The van der Waals surface area contributed by atoms with Crippen LogP contribution in [0.5, 0.6) is 0 Å². The zero-order valence-electron chi connectivity index (χ0n) is 50.5. The first-order valence-electron chi connectivity index (χ1n) is 30.5. The lowest BCUT2D eigenvalue weighted by atomic mass is 9.79. The van der Waals surface area contributed by atoms with Crippen LogP contribution in [0.3, 0.4) is 0 Å². The molecular weight excluding hydrogens is 1010 g/mol. The molecule has 0 N–H and O–H groups in total. The minimum atomic E-state index is -0.137. The first-order chi connectivity index (χ1) is 40.3. The van der Waals surface area contributed by atoms with E-state index >= 15 is 0 Å². The van der Waals surface area contributed by atoms with E-state index in [4.69, 9.17) is 0 Å². The molecule has 0 atom stereocenters. The molecule has 0 bridgehead atoms. The summed E-state index contributed by atoms with van der Waals surface area (Å²) in [4.78, 5) is 0. The number of aryl methyl sites for hydroxylation is 4. The molecule has 0 heterocycles. The molecule has 0 heteroatoms. The quantitative estimate of drug-likeness (QED) is 0.122. The minimum absolute atomic E-state index is 0.137. The van der Waals surface area contributed by atoms with E-state index in [2.05, 4.69) is 277 Å². The molecule has 4 aliphatic rings. The Morgan fingerprint density at radius 3 is 0.655 bits per heavy atom. The third kappa shape index (κ3) is 6.44. The maximum absolute atomic E-state index is 2.60. The van der Waals surface area contributed by atoms with Gasteiger partial charge in [0, 0.05) is 21.7 Å². The molecule has 0 spiro atoms. The van der Waals surface area contributed by atoms with E-state index in [1.165, 1.54) is 199 Å². The van der Waals surface area contributed by atoms with Crippen molar-refractivity contribution < 1.29 is 0 Å². The van der Waals surface area contributed by atoms with Gasteiger partial charge in [0.25, 0.3) is 0 Å². The van der Waals surface area contributed by atoms with Crippen LogP contribution in [0, 0.1) is 27.7 Å². The average Bonchev–Trinajstić information content (AvgIpc) is 1.91. The molecule has 0 saturated heterocycles. The number of hydrogen-bond acceptors (Lipinski definition) is 0. The Labute approximate surface area is 494 Å². The zero-order valence-corrected chi connectivity index (χ0v) is 50.5. The van der Waals surface area contributed by atoms with Crippen LogP contribution >= 0.6 is 0 Å². The fraction of sp³-hybridized carbons (Fsp3) is 0.190. The normalized spacial score (nSPS) is 15.8. The molecule has 0 aromatic heterocycles. The maximum Gasteiger partial charge on any atom is 0.0159 e. The van der Waals surface area contributed by atoms with Gasteiger partial charge in [-0.05, 0) is 253 Å². The molecule has 0 saturated carbocycles. The van der Waals surface area contributed by atoms with Crippen molar-refractivity contribution in [1.29, 1.82) is 0 Å². The van der Waals surface area contributed by atoms with E-state index in [9.17, 15) is 0 Å². The molecule has 404 valence electrons. The van der Waals surface area contributed by atoms with Gasteiger partial charge in [-0.15, -0.1) is 0 Å². The van der Waals surface area contributed by atoms with Crippen LogP contribution in [0.1, 0.15) is 122 Å². The van der Waals surface area contributed by atoms with E-state index in [0.29, 0.717) is 0 Å². The second kappa shape index (κ2) is 16.5. The fourth-order valence-corrected chi connectivity index (χ4v) is 17.3. The molecule has 13 aromatic rings. The lowest BCUT2D eigenvalue weighted by molar-refractivity contribution is 0.660. The summed E-state index contributed by atoms with van der Waals surface area (Å²) >= 11 is 0. The molecule has 0 radical (unpaired) electrons. The summed E-state index contributed by atoms with van der Waals surface area (Å²) in [6.07, 6.45) is 0. The standard InChI is InChI=1S/C84H68/c1-45-29-59(77-55-21-13-17-25-67(55)81(5,6)71(77)33-45)49-37-53-38-50(60-30-46(2)34-72-78(60)56-22-14-18-26-68(56)82(72,7)8)43-65-66-44-52(62-32-48(4)36-74-80(62)58-24-16-20-28-70(58)84(74,11)12)40-54-39-51(42-64(76(54)66)63(41-49)75(53)65)61-31-47(3)35-73-79(61)57-23-15-19-27-69(57)83(73,9)10/h13-44H,1-12H3. The monoisotopic (exact) mass is 1080 g/mol. The highest BCUT2D eigenvalue weighted by Gasteiger charge is 2.41. The van der Waals surface area contributed by atoms with Gasteiger partial charge in [-0.2, -0.15) is 0 Å². The topological polar surface area (TPSA) is 0 Å². The SMILES string of the molecule is Cc1cc(-c2cc3cc(-c4cc(C)cc5c4-c4ccccc4C5(C)C)cc4c5cc(-c6cc(C)cc7c6-c6ccccc6C7(C)C)cc6cc(-c7cc(C)cc8c7-c7ccccc7C8(C)C)cc(c(c2)c34)c65)c2c(c1)C(C)(C)c1ccccc1-2. The van der Waals surface area contributed by atoms with Gasteiger partial charge in [0.15, 0.2) is 0 Å². The van der Waals surface area contributed by atoms with Crippen LogP contribution < -0.4 is 0 Å². The van der Waals surface area contributed by atoms with E-state index < -0.39 is 0 Å². The third-order valence-electron chi connectivity index (χ3n) is 21.2. The van der Waals surface area contributed by atoms with Crippen LogP contribution in [0.25, 0.3) is 132 Å². The molecule has 84 heavy (non-hydrogen) atoms. The Hall–Kier alpha value is -8.84. The number of fused-ring (bicyclic) bond motifs is 14. The molecule has 0 aliphatic heterocycles. The summed E-state index contributed by atoms with van der Waals surface area (Å²) in [6, 6.07) is 77.1. The van der Waals surface area contributed by atoms with Crippen LogP contribution in [-0.2, 0) is 21.7 Å². The van der Waals surface area contributed by atoms with Crippen molar-refractivity contribution in [1.82, 2.24) is 0 Å². The third-order valence-corrected chi connectivity index (χ3v) is 21.2. The van der Waals surface area contributed by atoms with Gasteiger partial charge >= 0.3 is 0 Å². The summed E-state index contributed by atoms with van der Waals surface area (Å²) in [5.74, 6) is 0. The Bertz CT molecular complexity index is 4520. The summed E-state index contributed by atoms with van der Waals surface area (Å²) in [6.45, 7) is 28.5. The Morgan fingerprint density at radius 2 is 0.429 bits per heavy atom. The second-order valence-electron chi connectivity index (χ2n) is 27.9. The molecule has 0 fully saturated rings. The molecule has 0 unspecified atom stereocenters. The van der Waals surface area contributed by atoms with Crippen molar-refractivity contribution >= 4 is 43.1 Å². The fourth-order valence-electron chi connectivity index (χ4n) is 17.3. The molecule has 17 rings (SSSR count). The van der Waals surface area contributed by atoms with Crippen molar-refractivity contribution in [2.45, 2.75) is 105 Å². The molecule has 0 nitrogen and oxygen atoms in total. The maximum atomic E-state index is 2.60. The van der Waals surface area contributed by atoms with Gasteiger partial charge in [-0.25, -0.2) is 0 Å². The van der Waals surface area contributed by atoms with Crippen LogP contribution in [-0.4, -0.2) is 0 Å². The summed E-state index contributed by atoms with van der Waals surface area (Å²) in [5, 5.41) is 10.4. The zero-order chi connectivity index (χ0) is 57.4. The minimum Gasteiger partial charge on any atom is -0.0619 e. The van der Waals surface area contributed by atoms with Gasteiger partial charge in [-0.1, -0.05) is 223 Å². The highest BCUT2D eigenvalue weighted by atomic mass is 14.4. The first-order valence-corrected chi connectivity index (χ1v) is 30.5. The van der Waals surface area contributed by atoms with E-state index in [1.54, 1.807) is 0 Å². The lowest BCUT2D eigenvalue weighted by Crippen LogP contribution is -2.15. The van der Waals surface area contributed by atoms with Crippen molar-refractivity contribution in [2.75, 3.05) is 0 Å². The van der Waals surface area contributed by atoms with E-state index in [-0.39, 0.29) is 21.7 Å². The van der Waals surface area contributed by atoms with E-state index in [1.807, 2.05) is 0 Å². The number of hydrogen-bond donors (Lipinski definition) is 0. The first kappa shape index (κ1) is 49.7. The highest BCUT2D eigenvalue weighted by molar-refractivity contribution is 6.35. The average molecular weight is 1080 g/mol. The van der Waals surface area contributed by atoms with E-state index in [0.717, 1.165) is 0 Å². The van der Waals surface area contributed by atoms with Crippen LogP contribution in [0.15, 0.2) is 194 Å². The predicted octanol–water partition coefficient (Wildman–Crippen LogP) is 22.9. The van der Waals surface area contributed by atoms with Crippen LogP contribution in [0.4, 0.5) is 0 Å². The summed E-state index contributed by atoms with van der Waals surface area (Å²) in [7, 11) is 0. The second-order valence-corrected chi connectivity index (χ2v) is 27.9. The lowest BCUT2D eigenvalue weighted by Gasteiger charge is -2.24. The molecule has 4 aliphatic carbocycles. The molecular formula is C84H68. The Balaban J connectivity index is 1.06. The molecule has 13 aromatic carbocycles. The van der Waals surface area contributed by atoms with Gasteiger partial charge in [0.05, 0.1) is 0 Å². The smallest absolute Gasteiger partial charge is 0.0159 e. The number of benzene rings is 13. The summed E-state index contributed by atoms with van der Waals surface area (Å²) in [5.41, 5.74) is 37.0. The summed E-state index contributed by atoms with van der Waals surface area (Å²) < 4.78 is 0. The van der Waals surface area contributed by atoms with Gasteiger partial charge < -0.3 is 0 Å². The Kier molecular flexibility index (Phi) is 9.76. The Morgan fingerprint density at radius 1 is 0.214 bits per heavy atom. The van der Waals surface area contributed by atoms with Gasteiger partial charge in [0.2, 0.25) is 0 Å². The predicted molar refractivity (Wildman–Crippen MR) is 359 cm³/mol. The molecule has 0 amide bonds. The highest BCUT2D eigenvalue weighted by Crippen LogP contribution is 2.59. The van der Waals surface area contributed by atoms with Crippen molar-refractivity contribution in [3.05, 3.63) is 261 Å². The van der Waals surface area contributed by atoms with Crippen LogP contribution in [0.2, 0.25) is 0 Å². The van der Waals surface area contributed by atoms with Gasteiger partial charge in [0.1, 0.15) is 0 Å². The largest absolute Gasteiger partial charge is 0.0619 e. The van der Waals surface area contributed by atoms with Gasteiger partial charge in [-0.3, -0.25) is 0 Å². The van der Waals surface area contributed by atoms with Crippen molar-refractivity contribution in [2.24, 2.45) is 0 Å².